The van der Waals surface area contributed by atoms with Crippen molar-refractivity contribution in [3.05, 3.63) is 18.2 Å². The van der Waals surface area contributed by atoms with E-state index in [1.54, 1.807) is 0 Å². The van der Waals surface area contributed by atoms with Crippen molar-refractivity contribution in [1.29, 1.82) is 0 Å². The lowest BCUT2D eigenvalue weighted by molar-refractivity contribution is 0.108. The monoisotopic (exact) mass is 444 g/mol. The van der Waals surface area contributed by atoms with Gasteiger partial charge in [-0.3, -0.25) is 4.99 Å². The number of ether oxygens (including phenoxy) is 3. The zero-order valence-corrected chi connectivity index (χ0v) is 19.8. The first-order valence-corrected chi connectivity index (χ1v) is 12.4. The fourth-order valence-corrected chi connectivity index (χ4v) is 4.22. The van der Waals surface area contributed by atoms with E-state index in [4.69, 9.17) is 19.2 Å². The minimum absolute atomic E-state index is 0.572. The Morgan fingerprint density at radius 1 is 1.19 bits per heavy atom. The summed E-state index contributed by atoms with van der Waals surface area (Å²) in [5.41, 5.74) is 0.961. The molecule has 0 spiro atoms. The van der Waals surface area contributed by atoms with Crippen molar-refractivity contribution < 1.29 is 14.2 Å². The Bertz CT molecular complexity index is 751. The maximum atomic E-state index is 5.85. The summed E-state index contributed by atoms with van der Waals surface area (Å²) in [5, 5.41) is 6.97. The Labute approximate surface area is 192 Å². The second kappa shape index (κ2) is 11.8. The van der Waals surface area contributed by atoms with Crippen LogP contribution in [0.1, 0.15) is 46.0 Å². The largest absolute Gasteiger partial charge is 0.490 e. The molecule has 2 heterocycles. The highest BCUT2D eigenvalue weighted by Crippen LogP contribution is 2.33. The summed E-state index contributed by atoms with van der Waals surface area (Å²) >= 11 is 0. The molecule has 1 aliphatic carbocycles. The summed E-state index contributed by atoms with van der Waals surface area (Å²) in [6, 6.07) is 6.87. The summed E-state index contributed by atoms with van der Waals surface area (Å²) < 4.78 is 17.3. The number of hydrogen-bond acceptors (Lipinski definition) is 5. The van der Waals surface area contributed by atoms with Gasteiger partial charge in [-0.2, -0.15) is 0 Å². The number of nitrogens with one attached hydrogen (secondary N) is 2. The van der Waals surface area contributed by atoms with Gasteiger partial charge in [-0.05, 0) is 56.2 Å². The molecule has 0 amide bonds. The number of benzene rings is 1. The van der Waals surface area contributed by atoms with Crippen molar-refractivity contribution in [2.45, 2.75) is 52.0 Å². The summed E-state index contributed by atoms with van der Waals surface area (Å²) in [7, 11) is 0. The third-order valence-corrected chi connectivity index (χ3v) is 6.11. The van der Waals surface area contributed by atoms with Gasteiger partial charge in [0.1, 0.15) is 0 Å². The van der Waals surface area contributed by atoms with E-state index in [-0.39, 0.29) is 0 Å². The molecule has 1 aromatic carbocycles. The first kappa shape index (κ1) is 23.2. The van der Waals surface area contributed by atoms with E-state index in [1.807, 2.05) is 18.2 Å². The topological polar surface area (TPSA) is 67.4 Å². The van der Waals surface area contributed by atoms with Crippen LogP contribution in [0, 0.1) is 11.8 Å². The van der Waals surface area contributed by atoms with Gasteiger partial charge in [-0.1, -0.05) is 13.8 Å². The second-order valence-electron chi connectivity index (χ2n) is 9.66. The fraction of sp³-hybridized carbons (Fsp3) is 0.720. The molecule has 7 heteroatoms. The predicted octanol–water partition coefficient (Wildman–Crippen LogP) is 3.75. The molecule has 3 aliphatic rings. The van der Waals surface area contributed by atoms with E-state index in [1.165, 1.54) is 32.4 Å². The minimum atomic E-state index is 0.572. The highest BCUT2D eigenvalue weighted by molar-refractivity contribution is 5.94. The Morgan fingerprint density at radius 2 is 2.03 bits per heavy atom. The molecule has 7 nitrogen and oxygen atoms in total. The SMILES string of the molecule is CC(C)COCCCNC(=NCC1CCN(C2CC2)C1)Nc1ccc2c(c1)OCCCO2. The van der Waals surface area contributed by atoms with Gasteiger partial charge >= 0.3 is 0 Å². The molecule has 32 heavy (non-hydrogen) atoms. The van der Waals surface area contributed by atoms with Gasteiger partial charge in [0, 0.05) is 57.1 Å². The van der Waals surface area contributed by atoms with Crippen LogP contribution in [-0.4, -0.2) is 69.5 Å². The van der Waals surface area contributed by atoms with Gasteiger partial charge < -0.3 is 29.7 Å². The number of fused-ring (bicyclic) bond motifs is 1. The average Bonchev–Trinajstić information content (AvgIpc) is 3.57. The van der Waals surface area contributed by atoms with Crippen LogP contribution in [0.4, 0.5) is 5.69 Å². The highest BCUT2D eigenvalue weighted by atomic mass is 16.5. The summed E-state index contributed by atoms with van der Waals surface area (Å²) in [4.78, 5) is 7.60. The molecule has 2 fully saturated rings. The van der Waals surface area contributed by atoms with Gasteiger partial charge in [0.25, 0.3) is 0 Å². The standard InChI is InChI=1S/C25H40N4O3/c1-19(2)18-30-12-3-10-26-25(27-16-20-9-11-29(17-20)22-6-7-22)28-21-5-8-23-24(15-21)32-14-4-13-31-23/h5,8,15,19-20,22H,3-4,6-7,9-14,16-18H2,1-2H3,(H2,26,27,28). The molecule has 1 atom stereocenters. The number of aliphatic imine (C=N–C) groups is 1. The van der Waals surface area contributed by atoms with Crippen molar-refractivity contribution in [3.63, 3.8) is 0 Å². The van der Waals surface area contributed by atoms with E-state index >= 15 is 0 Å². The molecule has 2 aliphatic heterocycles. The molecule has 0 aromatic heterocycles. The summed E-state index contributed by atoms with van der Waals surface area (Å²) in [6.07, 6.45) is 5.87. The predicted molar refractivity (Wildman–Crippen MR) is 129 cm³/mol. The number of nitrogens with zero attached hydrogens (tertiary/aromatic N) is 2. The number of guanidine groups is 1. The molecule has 1 saturated heterocycles. The van der Waals surface area contributed by atoms with Crippen LogP contribution in [0.2, 0.25) is 0 Å². The van der Waals surface area contributed by atoms with Crippen LogP contribution in [0.3, 0.4) is 0 Å². The van der Waals surface area contributed by atoms with E-state index in [0.717, 1.165) is 68.3 Å². The number of anilines is 1. The van der Waals surface area contributed by atoms with Crippen molar-refractivity contribution in [2.75, 3.05) is 57.9 Å². The van der Waals surface area contributed by atoms with Gasteiger partial charge in [0.15, 0.2) is 17.5 Å². The van der Waals surface area contributed by atoms with E-state index in [9.17, 15) is 0 Å². The molecular formula is C25H40N4O3. The molecule has 178 valence electrons. The van der Waals surface area contributed by atoms with Gasteiger partial charge in [-0.15, -0.1) is 0 Å². The highest BCUT2D eigenvalue weighted by Gasteiger charge is 2.34. The van der Waals surface area contributed by atoms with Gasteiger partial charge in [0.05, 0.1) is 13.2 Å². The Kier molecular flexibility index (Phi) is 8.51. The third kappa shape index (κ3) is 7.27. The molecule has 2 N–H and O–H groups in total. The maximum absolute atomic E-state index is 5.85. The zero-order chi connectivity index (χ0) is 22.2. The fourth-order valence-electron chi connectivity index (χ4n) is 4.22. The maximum Gasteiger partial charge on any atom is 0.195 e. The first-order valence-electron chi connectivity index (χ1n) is 12.4. The third-order valence-electron chi connectivity index (χ3n) is 6.11. The van der Waals surface area contributed by atoms with E-state index in [0.29, 0.717) is 25.0 Å². The molecule has 1 saturated carbocycles. The first-order chi connectivity index (χ1) is 15.7. The van der Waals surface area contributed by atoms with Crippen molar-refractivity contribution >= 4 is 11.6 Å². The van der Waals surface area contributed by atoms with Crippen molar-refractivity contribution in [1.82, 2.24) is 10.2 Å². The summed E-state index contributed by atoms with van der Waals surface area (Å²) in [5.74, 6) is 3.65. The second-order valence-corrected chi connectivity index (χ2v) is 9.66. The van der Waals surface area contributed by atoms with E-state index < -0.39 is 0 Å². The van der Waals surface area contributed by atoms with Crippen LogP contribution in [0.5, 0.6) is 11.5 Å². The molecular weight excluding hydrogens is 404 g/mol. The number of likely N-dealkylation sites (tertiary alicyclic amines) is 1. The van der Waals surface area contributed by atoms with Crippen molar-refractivity contribution in [3.8, 4) is 11.5 Å². The molecule has 0 radical (unpaired) electrons. The number of rotatable bonds is 10. The van der Waals surface area contributed by atoms with Crippen molar-refractivity contribution in [2.24, 2.45) is 16.8 Å². The lowest BCUT2D eigenvalue weighted by atomic mass is 10.1. The van der Waals surface area contributed by atoms with Crippen LogP contribution < -0.4 is 20.1 Å². The summed E-state index contributed by atoms with van der Waals surface area (Å²) in [6.45, 7) is 11.4. The molecule has 1 aromatic rings. The van der Waals surface area contributed by atoms with Crippen LogP contribution in [0.15, 0.2) is 23.2 Å². The average molecular weight is 445 g/mol. The number of hydrogen-bond donors (Lipinski definition) is 2. The smallest absolute Gasteiger partial charge is 0.195 e. The Balaban J connectivity index is 1.32. The van der Waals surface area contributed by atoms with E-state index in [2.05, 4.69) is 29.4 Å². The van der Waals surface area contributed by atoms with Gasteiger partial charge in [0.2, 0.25) is 0 Å². The molecule has 1 unspecified atom stereocenters. The lowest BCUT2D eigenvalue weighted by Crippen LogP contribution is -2.33. The normalized spacial score (nSPS) is 21.6. The Morgan fingerprint density at radius 3 is 2.84 bits per heavy atom. The zero-order valence-electron chi connectivity index (χ0n) is 19.8. The molecule has 0 bridgehead atoms. The lowest BCUT2D eigenvalue weighted by Gasteiger charge is -2.16. The van der Waals surface area contributed by atoms with Crippen LogP contribution in [0.25, 0.3) is 0 Å². The van der Waals surface area contributed by atoms with Crippen LogP contribution in [-0.2, 0) is 4.74 Å². The van der Waals surface area contributed by atoms with Gasteiger partial charge in [-0.25, -0.2) is 0 Å². The van der Waals surface area contributed by atoms with Crippen LogP contribution >= 0.6 is 0 Å². The minimum Gasteiger partial charge on any atom is -0.490 e. The Hall–Kier alpha value is -1.99. The quantitative estimate of drug-likeness (QED) is 0.325. The molecule has 4 rings (SSSR count).